The Morgan fingerprint density at radius 3 is 2.50 bits per heavy atom. The van der Waals surface area contributed by atoms with Crippen molar-refractivity contribution in [1.29, 1.82) is 0 Å². The van der Waals surface area contributed by atoms with E-state index in [2.05, 4.69) is 34.1 Å². The molecule has 0 bridgehead atoms. The summed E-state index contributed by atoms with van der Waals surface area (Å²) in [4.78, 5) is 4.75. The molecule has 0 amide bonds. The second-order valence-electron chi connectivity index (χ2n) is 10.8. The Labute approximate surface area is 228 Å². The molecule has 4 atom stereocenters. The van der Waals surface area contributed by atoms with Gasteiger partial charge in [-0.15, -0.1) is 0 Å². The van der Waals surface area contributed by atoms with E-state index in [1.807, 2.05) is 18.2 Å². The molecule has 2 aliphatic heterocycles. The minimum absolute atomic E-state index is 0.105. The van der Waals surface area contributed by atoms with E-state index in [4.69, 9.17) is 21.1 Å². The number of aliphatic hydroxyl groups is 1. The summed E-state index contributed by atoms with van der Waals surface area (Å²) in [7, 11) is 0. The van der Waals surface area contributed by atoms with E-state index < -0.39 is 6.10 Å². The SMILES string of the molecule is OC(COc1ccc(Cl)cc1)CN1CCN(C[C@H]2C[C@@H]3c4ccccc4Cc4ccc(F)cc4[C@@H]3O2)CC1. The lowest BCUT2D eigenvalue weighted by Crippen LogP contribution is -2.50. The average Bonchev–Trinajstić information content (AvgIpc) is 3.29. The first-order chi connectivity index (χ1) is 18.5. The van der Waals surface area contributed by atoms with Gasteiger partial charge in [0.05, 0.1) is 12.2 Å². The van der Waals surface area contributed by atoms with Gasteiger partial charge in [0, 0.05) is 50.2 Å². The normalized spacial score (nSPS) is 24.2. The molecule has 1 unspecified atom stereocenters. The van der Waals surface area contributed by atoms with Crippen molar-refractivity contribution in [1.82, 2.24) is 9.80 Å². The third kappa shape index (κ3) is 5.75. The Hall–Kier alpha value is -2.48. The van der Waals surface area contributed by atoms with Gasteiger partial charge in [0.25, 0.3) is 0 Å². The summed E-state index contributed by atoms with van der Waals surface area (Å²) in [5.74, 6) is 0.757. The number of β-amino-alcohol motifs (C(OH)–C–C–N with tert-alkyl or cyclic N) is 1. The molecule has 5 nitrogen and oxygen atoms in total. The Balaban J connectivity index is 1.03. The minimum atomic E-state index is -0.553. The van der Waals surface area contributed by atoms with Crippen molar-refractivity contribution in [2.24, 2.45) is 0 Å². The summed E-state index contributed by atoms with van der Waals surface area (Å²) in [5, 5.41) is 11.1. The molecule has 2 fully saturated rings. The van der Waals surface area contributed by atoms with Gasteiger partial charge in [0.2, 0.25) is 0 Å². The van der Waals surface area contributed by atoms with Gasteiger partial charge in [-0.2, -0.15) is 0 Å². The van der Waals surface area contributed by atoms with Gasteiger partial charge in [0.15, 0.2) is 0 Å². The first-order valence-electron chi connectivity index (χ1n) is 13.5. The van der Waals surface area contributed by atoms with E-state index in [0.29, 0.717) is 17.3 Å². The molecule has 1 N–H and O–H groups in total. The van der Waals surface area contributed by atoms with Crippen molar-refractivity contribution < 1.29 is 19.0 Å². The highest BCUT2D eigenvalue weighted by Gasteiger charge is 2.41. The van der Waals surface area contributed by atoms with Gasteiger partial charge in [-0.3, -0.25) is 9.80 Å². The largest absolute Gasteiger partial charge is 0.491 e. The van der Waals surface area contributed by atoms with Gasteiger partial charge < -0.3 is 14.6 Å². The fourth-order valence-electron chi connectivity index (χ4n) is 6.23. The van der Waals surface area contributed by atoms with Gasteiger partial charge >= 0.3 is 0 Å². The fourth-order valence-corrected chi connectivity index (χ4v) is 6.36. The summed E-state index contributed by atoms with van der Waals surface area (Å²) in [5.41, 5.74) is 4.84. The zero-order valence-corrected chi connectivity index (χ0v) is 22.2. The van der Waals surface area contributed by atoms with E-state index in [-0.39, 0.29) is 30.5 Å². The molecule has 0 radical (unpaired) electrons. The second-order valence-corrected chi connectivity index (χ2v) is 11.2. The average molecular weight is 537 g/mol. The number of rotatable bonds is 7. The van der Waals surface area contributed by atoms with Gasteiger partial charge in [0.1, 0.15) is 24.3 Å². The predicted octanol–water partition coefficient (Wildman–Crippen LogP) is 5.05. The Bertz CT molecular complexity index is 1250. The number of ether oxygens (including phenoxy) is 2. The van der Waals surface area contributed by atoms with Gasteiger partial charge in [-0.1, -0.05) is 41.9 Å². The van der Waals surface area contributed by atoms with Crippen LogP contribution in [0.4, 0.5) is 4.39 Å². The first kappa shape index (κ1) is 25.8. The smallest absolute Gasteiger partial charge is 0.123 e. The monoisotopic (exact) mass is 536 g/mol. The number of halogens is 2. The Morgan fingerprint density at radius 2 is 1.68 bits per heavy atom. The van der Waals surface area contributed by atoms with Crippen LogP contribution in [0.25, 0.3) is 0 Å². The molecule has 7 heteroatoms. The van der Waals surface area contributed by atoms with Crippen LogP contribution in [0.3, 0.4) is 0 Å². The molecule has 0 aromatic heterocycles. The highest BCUT2D eigenvalue weighted by Crippen LogP contribution is 2.49. The van der Waals surface area contributed by atoms with E-state index >= 15 is 0 Å². The van der Waals surface area contributed by atoms with Crippen molar-refractivity contribution in [3.8, 4) is 5.75 Å². The molecule has 3 aromatic rings. The molecular weight excluding hydrogens is 503 g/mol. The lowest BCUT2D eigenvalue weighted by atomic mass is 9.87. The lowest BCUT2D eigenvalue weighted by Gasteiger charge is -2.36. The van der Waals surface area contributed by atoms with Crippen LogP contribution < -0.4 is 4.74 Å². The van der Waals surface area contributed by atoms with Gasteiger partial charge in [-0.05, 0) is 71.5 Å². The number of benzene rings is 3. The minimum Gasteiger partial charge on any atom is -0.491 e. The first-order valence-corrected chi connectivity index (χ1v) is 13.9. The van der Waals surface area contributed by atoms with Gasteiger partial charge in [-0.25, -0.2) is 4.39 Å². The summed E-state index contributed by atoms with van der Waals surface area (Å²) < 4.78 is 26.6. The molecule has 2 saturated heterocycles. The number of hydrogen-bond donors (Lipinski definition) is 1. The molecule has 3 aliphatic rings. The maximum Gasteiger partial charge on any atom is 0.123 e. The molecule has 1 aliphatic carbocycles. The molecule has 0 spiro atoms. The van der Waals surface area contributed by atoms with E-state index in [0.717, 1.165) is 51.1 Å². The predicted molar refractivity (Wildman–Crippen MR) is 146 cm³/mol. The third-order valence-electron chi connectivity index (χ3n) is 8.12. The van der Waals surface area contributed by atoms with E-state index in [1.165, 1.54) is 16.7 Å². The van der Waals surface area contributed by atoms with Crippen LogP contribution in [0.15, 0.2) is 66.7 Å². The summed E-state index contributed by atoms with van der Waals surface area (Å²) in [6, 6.07) is 21.0. The maximum absolute atomic E-state index is 14.3. The Kier molecular flexibility index (Phi) is 7.68. The summed E-state index contributed by atoms with van der Waals surface area (Å²) in [6.45, 7) is 5.37. The van der Waals surface area contributed by atoms with Crippen molar-refractivity contribution in [3.05, 3.63) is 99.8 Å². The molecule has 3 aromatic carbocycles. The van der Waals surface area contributed by atoms with E-state index in [9.17, 15) is 9.50 Å². The van der Waals surface area contributed by atoms with Crippen molar-refractivity contribution in [2.75, 3.05) is 45.9 Å². The third-order valence-corrected chi connectivity index (χ3v) is 8.37. The zero-order chi connectivity index (χ0) is 26.1. The highest BCUT2D eigenvalue weighted by atomic mass is 35.5. The molecule has 2 heterocycles. The van der Waals surface area contributed by atoms with Crippen LogP contribution in [-0.2, 0) is 11.2 Å². The fraction of sp³-hybridized carbons (Fsp3) is 0.419. The molecule has 0 saturated carbocycles. The quantitative estimate of drug-likeness (QED) is 0.457. The van der Waals surface area contributed by atoms with Crippen LogP contribution in [-0.4, -0.2) is 73.0 Å². The summed E-state index contributed by atoms with van der Waals surface area (Å²) in [6.07, 6.45) is 1.22. The topological polar surface area (TPSA) is 45.2 Å². The lowest BCUT2D eigenvalue weighted by molar-refractivity contribution is 0.00184. The van der Waals surface area contributed by atoms with E-state index in [1.54, 1.807) is 24.3 Å². The number of aliphatic hydroxyl groups excluding tert-OH is 1. The van der Waals surface area contributed by atoms with Crippen LogP contribution in [0.5, 0.6) is 5.75 Å². The highest BCUT2D eigenvalue weighted by molar-refractivity contribution is 6.30. The molecule has 6 rings (SSSR count). The van der Waals surface area contributed by atoms with Crippen molar-refractivity contribution >= 4 is 11.6 Å². The Morgan fingerprint density at radius 1 is 0.947 bits per heavy atom. The number of piperazine rings is 1. The maximum atomic E-state index is 14.3. The molecule has 38 heavy (non-hydrogen) atoms. The van der Waals surface area contributed by atoms with Crippen molar-refractivity contribution in [3.63, 3.8) is 0 Å². The number of hydrogen-bond acceptors (Lipinski definition) is 5. The van der Waals surface area contributed by atoms with Crippen LogP contribution in [0.1, 0.15) is 40.7 Å². The van der Waals surface area contributed by atoms with Crippen molar-refractivity contribution in [2.45, 2.75) is 37.1 Å². The zero-order valence-electron chi connectivity index (χ0n) is 21.4. The van der Waals surface area contributed by atoms with Crippen LogP contribution >= 0.6 is 11.6 Å². The standard InChI is InChI=1S/C31H34ClFN2O3/c32-23-6-9-26(10-7-23)37-20-25(36)18-34-11-13-35(14-12-34)19-27-17-30-28-4-2-1-3-21(28)15-22-5-8-24(33)16-29(22)31(30)38-27/h1-10,16,25,27,30-31,36H,11-15,17-20H2/t25?,27-,30-,31+/m1/s1. The van der Waals surface area contributed by atoms with Crippen LogP contribution in [0, 0.1) is 5.82 Å². The second kappa shape index (κ2) is 11.3. The number of fused-ring (bicyclic) bond motifs is 5. The van der Waals surface area contributed by atoms with Crippen LogP contribution in [0.2, 0.25) is 5.02 Å². The number of nitrogens with zero attached hydrogens (tertiary/aromatic N) is 2. The molecule has 200 valence electrons. The summed E-state index contributed by atoms with van der Waals surface area (Å²) >= 11 is 5.92. The molecular formula is C31H34ClFN2O3.